The molecule has 5 nitrogen and oxygen atoms in total. The quantitative estimate of drug-likeness (QED) is 0.762. The van der Waals surface area contributed by atoms with Crippen molar-refractivity contribution in [3.8, 4) is 0 Å². The second-order valence-electron chi connectivity index (χ2n) is 8.27. The highest BCUT2D eigenvalue weighted by Gasteiger charge is 2.31. The Balaban J connectivity index is 1.82. The van der Waals surface area contributed by atoms with E-state index in [0.29, 0.717) is 5.92 Å². The van der Waals surface area contributed by atoms with Crippen molar-refractivity contribution in [2.75, 3.05) is 25.9 Å². The van der Waals surface area contributed by atoms with Gasteiger partial charge in [0.1, 0.15) is 0 Å². The number of rotatable bonds is 6. The zero-order chi connectivity index (χ0) is 19.4. The van der Waals surface area contributed by atoms with E-state index in [1.165, 1.54) is 16.1 Å². The van der Waals surface area contributed by atoms with E-state index in [1.807, 2.05) is 31.7 Å². The first kappa shape index (κ1) is 20.9. The van der Waals surface area contributed by atoms with E-state index in [4.69, 9.17) is 0 Å². The van der Waals surface area contributed by atoms with Crippen LogP contribution in [-0.4, -0.2) is 55.0 Å². The number of carbonyl (C=O) groups excluding carboxylic acids is 1. The molecule has 1 saturated heterocycles. The summed E-state index contributed by atoms with van der Waals surface area (Å²) in [5, 5.41) is 0. The number of piperidine rings is 1. The zero-order valence-electron chi connectivity index (χ0n) is 16.4. The zero-order valence-corrected chi connectivity index (χ0v) is 17.3. The minimum atomic E-state index is -3.33. The molecule has 1 aliphatic heterocycles. The summed E-state index contributed by atoms with van der Waals surface area (Å²) in [5.74, 6) is 0.671. The summed E-state index contributed by atoms with van der Waals surface area (Å²) in [7, 11) is -3.33. The fraction of sp³-hybridized carbons (Fsp3) is 0.650. The Labute approximate surface area is 158 Å². The molecule has 6 heteroatoms. The molecule has 0 aromatic heterocycles. The smallest absolute Gasteiger partial charge is 0.223 e. The third-order valence-electron chi connectivity index (χ3n) is 5.01. The molecule has 1 aliphatic rings. The van der Waals surface area contributed by atoms with Crippen molar-refractivity contribution < 1.29 is 13.2 Å². The fourth-order valence-corrected chi connectivity index (χ4v) is 5.11. The standard InChI is InChI=1S/C20H32N2O3S/c1-20(2,3)22(26(4,24)25)15-12-19(23)21-13-10-18(11-14-21)16-17-8-6-5-7-9-17/h5-9,18H,10-16H2,1-4H3. The fourth-order valence-electron chi connectivity index (χ4n) is 3.69. The lowest BCUT2D eigenvalue weighted by Gasteiger charge is -2.35. The number of sulfonamides is 1. The lowest BCUT2D eigenvalue weighted by atomic mass is 9.90. The second-order valence-corrected chi connectivity index (χ2v) is 10.2. The van der Waals surface area contributed by atoms with Crippen LogP contribution in [-0.2, 0) is 21.2 Å². The first-order valence-corrected chi connectivity index (χ1v) is 11.2. The van der Waals surface area contributed by atoms with Gasteiger partial charge in [0.15, 0.2) is 0 Å². The second kappa shape index (κ2) is 8.53. The summed E-state index contributed by atoms with van der Waals surface area (Å²) >= 11 is 0. The van der Waals surface area contributed by atoms with Crippen LogP contribution < -0.4 is 0 Å². The topological polar surface area (TPSA) is 57.7 Å². The molecule has 1 amide bonds. The summed E-state index contributed by atoms with van der Waals surface area (Å²) in [5.41, 5.74) is 0.836. The maximum Gasteiger partial charge on any atom is 0.223 e. The highest BCUT2D eigenvalue weighted by Crippen LogP contribution is 2.23. The Morgan fingerprint density at radius 3 is 2.23 bits per heavy atom. The number of amides is 1. The van der Waals surface area contributed by atoms with Gasteiger partial charge in [-0.25, -0.2) is 8.42 Å². The largest absolute Gasteiger partial charge is 0.343 e. The molecule has 0 radical (unpaired) electrons. The SMILES string of the molecule is CC(C)(C)N(CCC(=O)N1CCC(Cc2ccccc2)CC1)S(C)(=O)=O. The van der Waals surface area contributed by atoms with Crippen LogP contribution in [0.4, 0.5) is 0 Å². The summed E-state index contributed by atoms with van der Waals surface area (Å²) in [4.78, 5) is 14.4. The number of nitrogens with zero attached hydrogens (tertiary/aromatic N) is 2. The molecular weight excluding hydrogens is 348 g/mol. The van der Waals surface area contributed by atoms with E-state index >= 15 is 0 Å². The normalized spacial score (nSPS) is 16.9. The molecule has 0 atom stereocenters. The van der Waals surface area contributed by atoms with Gasteiger partial charge in [-0.3, -0.25) is 4.79 Å². The predicted molar refractivity (Wildman–Crippen MR) is 105 cm³/mol. The van der Waals surface area contributed by atoms with Crippen molar-refractivity contribution in [1.29, 1.82) is 0 Å². The molecule has 26 heavy (non-hydrogen) atoms. The maximum absolute atomic E-state index is 12.5. The van der Waals surface area contributed by atoms with Crippen molar-refractivity contribution in [3.05, 3.63) is 35.9 Å². The first-order chi connectivity index (χ1) is 12.1. The molecule has 1 fully saturated rings. The summed E-state index contributed by atoms with van der Waals surface area (Å²) in [6, 6.07) is 10.5. The van der Waals surface area contributed by atoms with Crippen LogP contribution in [0, 0.1) is 5.92 Å². The van der Waals surface area contributed by atoms with Crippen LogP contribution in [0.25, 0.3) is 0 Å². The molecule has 0 unspecified atom stereocenters. The summed E-state index contributed by atoms with van der Waals surface area (Å²) in [6.45, 7) is 7.34. The van der Waals surface area contributed by atoms with E-state index < -0.39 is 15.6 Å². The highest BCUT2D eigenvalue weighted by molar-refractivity contribution is 7.88. The summed E-state index contributed by atoms with van der Waals surface area (Å²) in [6.07, 6.45) is 4.53. The average Bonchev–Trinajstić information content (AvgIpc) is 2.54. The lowest BCUT2D eigenvalue weighted by molar-refractivity contribution is -0.132. The molecular formula is C20H32N2O3S. The molecule has 0 aliphatic carbocycles. The van der Waals surface area contributed by atoms with Crippen molar-refractivity contribution in [2.24, 2.45) is 5.92 Å². The van der Waals surface area contributed by atoms with Gasteiger partial charge in [-0.05, 0) is 51.5 Å². The van der Waals surface area contributed by atoms with Gasteiger partial charge in [0.2, 0.25) is 15.9 Å². The molecule has 0 saturated carbocycles. The van der Waals surface area contributed by atoms with Crippen LogP contribution in [0.1, 0.15) is 45.6 Å². The molecule has 1 heterocycles. The Bertz CT molecular complexity index is 688. The third kappa shape index (κ3) is 6.09. The van der Waals surface area contributed by atoms with Crippen LogP contribution in [0.15, 0.2) is 30.3 Å². The first-order valence-electron chi connectivity index (χ1n) is 9.37. The monoisotopic (exact) mass is 380 g/mol. The Kier molecular flexibility index (Phi) is 6.86. The predicted octanol–water partition coefficient (Wildman–Crippen LogP) is 2.92. The van der Waals surface area contributed by atoms with Gasteiger partial charge in [0, 0.05) is 31.6 Å². The van der Waals surface area contributed by atoms with Gasteiger partial charge in [-0.15, -0.1) is 0 Å². The highest BCUT2D eigenvalue weighted by atomic mass is 32.2. The van der Waals surface area contributed by atoms with Gasteiger partial charge in [-0.1, -0.05) is 30.3 Å². The average molecular weight is 381 g/mol. The number of hydrogen-bond acceptors (Lipinski definition) is 3. The molecule has 1 aromatic carbocycles. The Morgan fingerprint density at radius 1 is 1.15 bits per heavy atom. The van der Waals surface area contributed by atoms with Gasteiger partial charge in [-0.2, -0.15) is 4.31 Å². The maximum atomic E-state index is 12.5. The van der Waals surface area contributed by atoms with Crippen LogP contribution in [0.2, 0.25) is 0 Å². The van der Waals surface area contributed by atoms with Gasteiger partial charge in [0.05, 0.1) is 6.26 Å². The Hall–Kier alpha value is -1.40. The van der Waals surface area contributed by atoms with Gasteiger partial charge < -0.3 is 4.90 Å². The number of benzene rings is 1. The van der Waals surface area contributed by atoms with Crippen LogP contribution >= 0.6 is 0 Å². The number of hydrogen-bond donors (Lipinski definition) is 0. The molecule has 0 N–H and O–H groups in total. The van der Waals surface area contributed by atoms with E-state index in [9.17, 15) is 13.2 Å². The minimum Gasteiger partial charge on any atom is -0.343 e. The third-order valence-corrected chi connectivity index (χ3v) is 6.54. The van der Waals surface area contributed by atoms with Crippen molar-refractivity contribution >= 4 is 15.9 Å². The molecule has 2 rings (SSSR count). The van der Waals surface area contributed by atoms with E-state index in [1.54, 1.807) is 0 Å². The van der Waals surface area contributed by atoms with Crippen molar-refractivity contribution in [1.82, 2.24) is 9.21 Å². The van der Waals surface area contributed by atoms with E-state index in [0.717, 1.165) is 32.4 Å². The van der Waals surface area contributed by atoms with Gasteiger partial charge >= 0.3 is 0 Å². The van der Waals surface area contributed by atoms with Crippen molar-refractivity contribution in [2.45, 2.75) is 52.0 Å². The molecule has 1 aromatic rings. The van der Waals surface area contributed by atoms with Crippen molar-refractivity contribution in [3.63, 3.8) is 0 Å². The Morgan fingerprint density at radius 2 is 1.73 bits per heavy atom. The summed E-state index contributed by atoms with van der Waals surface area (Å²) < 4.78 is 25.4. The lowest BCUT2D eigenvalue weighted by Crippen LogP contribution is -2.47. The molecule has 0 bridgehead atoms. The van der Waals surface area contributed by atoms with E-state index in [2.05, 4.69) is 24.3 Å². The van der Waals surface area contributed by atoms with Gasteiger partial charge in [0.25, 0.3) is 0 Å². The molecule has 0 spiro atoms. The van der Waals surface area contributed by atoms with Crippen LogP contribution in [0.3, 0.4) is 0 Å². The number of likely N-dealkylation sites (tertiary alicyclic amines) is 1. The van der Waals surface area contributed by atoms with E-state index in [-0.39, 0.29) is 18.9 Å². The van der Waals surface area contributed by atoms with Crippen LogP contribution in [0.5, 0.6) is 0 Å². The number of carbonyl (C=O) groups is 1. The molecule has 146 valence electrons. The minimum absolute atomic E-state index is 0.0565.